The molecule has 0 aliphatic heterocycles. The summed E-state index contributed by atoms with van der Waals surface area (Å²) in [6.45, 7) is 16.0. The van der Waals surface area contributed by atoms with Gasteiger partial charge in [-0.15, -0.1) is 0 Å². The first-order valence-corrected chi connectivity index (χ1v) is 19.3. The van der Waals surface area contributed by atoms with Gasteiger partial charge in [0.05, 0.1) is 19.0 Å². The van der Waals surface area contributed by atoms with Gasteiger partial charge in [-0.2, -0.15) is 0 Å². The molecular weight excluding hydrogens is 473 g/mol. The summed E-state index contributed by atoms with van der Waals surface area (Å²) in [4.78, 5) is 0. The van der Waals surface area contributed by atoms with Crippen LogP contribution in [0.3, 0.4) is 0 Å². The Kier molecular flexibility index (Phi) is 23.1. The molecule has 0 rings (SSSR count). The van der Waals surface area contributed by atoms with Crippen LogP contribution in [0, 0.1) is 0 Å². The highest BCUT2D eigenvalue weighted by atomic mass is 33.1. The fraction of sp³-hybridized carbons (Fsp3) is 1.00. The standard InChI is InChI=1S/C24H54O4S2Si2/c1-7-21-31-23(25-9-3,26-10-4)17-13-15-19-29-30-20-16-14-18-24(27-11-5,28-12-6)32-22-8-2/h7-22,31-32H2,1-6H3. The van der Waals surface area contributed by atoms with Crippen LogP contribution < -0.4 is 0 Å². The molecule has 0 saturated carbocycles. The second-order valence-corrected chi connectivity index (χ2v) is 15.6. The van der Waals surface area contributed by atoms with Crippen LogP contribution in [0.25, 0.3) is 0 Å². The fourth-order valence-electron chi connectivity index (χ4n) is 4.08. The Morgan fingerprint density at radius 1 is 0.531 bits per heavy atom. The zero-order chi connectivity index (χ0) is 24.0. The van der Waals surface area contributed by atoms with Crippen LogP contribution in [0.4, 0.5) is 0 Å². The Bertz CT molecular complexity index is 358. The number of ether oxygens (including phenoxy) is 4. The van der Waals surface area contributed by atoms with Gasteiger partial charge in [0.15, 0.2) is 0 Å². The van der Waals surface area contributed by atoms with Crippen LogP contribution in [0.5, 0.6) is 0 Å². The van der Waals surface area contributed by atoms with Crippen LogP contribution >= 0.6 is 21.6 Å². The minimum Gasteiger partial charge on any atom is -0.355 e. The lowest BCUT2D eigenvalue weighted by molar-refractivity contribution is -0.180. The highest BCUT2D eigenvalue weighted by Crippen LogP contribution is 2.28. The van der Waals surface area contributed by atoms with E-state index in [2.05, 4.69) is 41.5 Å². The van der Waals surface area contributed by atoms with Crippen molar-refractivity contribution in [3.8, 4) is 0 Å². The summed E-state index contributed by atoms with van der Waals surface area (Å²) >= 11 is 0. The minimum atomic E-state index is -0.357. The van der Waals surface area contributed by atoms with Gasteiger partial charge in [0, 0.05) is 37.9 Å². The summed E-state index contributed by atoms with van der Waals surface area (Å²) in [7, 11) is 3.35. The predicted molar refractivity (Wildman–Crippen MR) is 152 cm³/mol. The predicted octanol–water partition coefficient (Wildman–Crippen LogP) is 6.16. The van der Waals surface area contributed by atoms with Gasteiger partial charge in [0.2, 0.25) is 0 Å². The zero-order valence-electron chi connectivity index (χ0n) is 22.2. The molecule has 0 aromatic carbocycles. The van der Waals surface area contributed by atoms with E-state index in [0.29, 0.717) is 0 Å². The van der Waals surface area contributed by atoms with Crippen molar-refractivity contribution >= 4 is 40.6 Å². The molecule has 0 aliphatic rings. The summed E-state index contributed by atoms with van der Waals surface area (Å²) in [5.74, 6) is 2.44. The SMILES string of the molecule is CCC[SiH2]C(CCCCSSCCCCC(OCC)(OCC)[SiH2]CCC)(OCC)OCC. The van der Waals surface area contributed by atoms with E-state index in [1.165, 1.54) is 62.1 Å². The lowest BCUT2D eigenvalue weighted by Crippen LogP contribution is -2.42. The molecule has 0 amide bonds. The minimum absolute atomic E-state index is 0.216. The molecule has 32 heavy (non-hydrogen) atoms. The Balaban J connectivity index is 4.07. The highest BCUT2D eigenvalue weighted by molar-refractivity contribution is 8.76. The third-order valence-electron chi connectivity index (χ3n) is 5.61. The fourth-order valence-corrected chi connectivity index (χ4v) is 10.6. The number of unbranched alkanes of at least 4 members (excludes halogenated alkanes) is 2. The highest BCUT2D eigenvalue weighted by Gasteiger charge is 2.31. The first kappa shape index (κ1) is 33.0. The van der Waals surface area contributed by atoms with Crippen LogP contribution in [-0.4, -0.2) is 67.8 Å². The molecule has 0 bridgehead atoms. The summed E-state index contributed by atoms with van der Waals surface area (Å²) in [5.41, 5.74) is -0.432. The normalized spacial score (nSPS) is 13.3. The summed E-state index contributed by atoms with van der Waals surface area (Å²) in [5, 5.41) is 0. The van der Waals surface area contributed by atoms with Crippen LogP contribution in [0.15, 0.2) is 0 Å². The average molecular weight is 527 g/mol. The smallest absolute Gasteiger partial charge is 0.144 e. The van der Waals surface area contributed by atoms with E-state index < -0.39 is 0 Å². The first-order valence-electron chi connectivity index (χ1n) is 13.4. The zero-order valence-corrected chi connectivity index (χ0v) is 26.6. The largest absolute Gasteiger partial charge is 0.355 e. The van der Waals surface area contributed by atoms with E-state index in [9.17, 15) is 0 Å². The van der Waals surface area contributed by atoms with Gasteiger partial charge in [-0.1, -0.05) is 60.4 Å². The Morgan fingerprint density at radius 2 is 0.875 bits per heavy atom. The van der Waals surface area contributed by atoms with Crippen molar-refractivity contribution in [2.24, 2.45) is 0 Å². The van der Waals surface area contributed by atoms with E-state index >= 15 is 0 Å². The van der Waals surface area contributed by atoms with Crippen molar-refractivity contribution < 1.29 is 18.9 Å². The molecule has 0 aromatic rings. The monoisotopic (exact) mass is 526 g/mol. The molecule has 194 valence electrons. The lowest BCUT2D eigenvalue weighted by atomic mass is 10.2. The molecule has 4 nitrogen and oxygen atoms in total. The molecule has 0 unspecified atom stereocenters. The summed E-state index contributed by atoms with van der Waals surface area (Å²) in [6.07, 6.45) is 9.56. The van der Waals surface area contributed by atoms with E-state index in [-0.39, 0.29) is 29.9 Å². The average Bonchev–Trinajstić information content (AvgIpc) is 2.78. The number of rotatable bonds is 25. The maximum atomic E-state index is 6.14. The molecule has 0 saturated heterocycles. The van der Waals surface area contributed by atoms with Crippen LogP contribution in [-0.2, 0) is 18.9 Å². The Morgan fingerprint density at radius 3 is 1.16 bits per heavy atom. The van der Waals surface area contributed by atoms with Crippen molar-refractivity contribution in [2.75, 3.05) is 37.9 Å². The van der Waals surface area contributed by atoms with E-state index in [0.717, 1.165) is 39.3 Å². The van der Waals surface area contributed by atoms with Crippen molar-refractivity contribution in [3.63, 3.8) is 0 Å². The van der Waals surface area contributed by atoms with Gasteiger partial charge < -0.3 is 18.9 Å². The van der Waals surface area contributed by atoms with Gasteiger partial charge in [0.25, 0.3) is 0 Å². The number of hydrogen-bond acceptors (Lipinski definition) is 6. The van der Waals surface area contributed by atoms with Crippen molar-refractivity contribution in [2.45, 2.75) is 116 Å². The second-order valence-electron chi connectivity index (χ2n) is 8.32. The van der Waals surface area contributed by atoms with Gasteiger partial charge >= 0.3 is 0 Å². The maximum Gasteiger partial charge on any atom is 0.144 e. The molecule has 8 heteroatoms. The topological polar surface area (TPSA) is 36.9 Å². The third-order valence-corrected chi connectivity index (χ3v) is 13.4. The summed E-state index contributed by atoms with van der Waals surface area (Å²) < 4.78 is 24.6. The molecule has 0 spiro atoms. The molecular formula is C24H54O4S2Si2. The third kappa shape index (κ3) is 15.8. The van der Waals surface area contributed by atoms with Gasteiger partial charge in [-0.05, 0) is 66.2 Å². The summed E-state index contributed by atoms with van der Waals surface area (Å²) in [6, 6.07) is 2.61. The van der Waals surface area contributed by atoms with E-state index in [4.69, 9.17) is 18.9 Å². The molecule has 0 aromatic heterocycles. The molecule has 0 fully saturated rings. The van der Waals surface area contributed by atoms with E-state index in [1.807, 2.05) is 21.6 Å². The van der Waals surface area contributed by atoms with Gasteiger partial charge in [-0.25, -0.2) is 0 Å². The van der Waals surface area contributed by atoms with Crippen molar-refractivity contribution in [1.29, 1.82) is 0 Å². The lowest BCUT2D eigenvalue weighted by Gasteiger charge is -2.33. The van der Waals surface area contributed by atoms with Crippen LogP contribution in [0.2, 0.25) is 12.1 Å². The Hall–Kier alpha value is 0.974. The van der Waals surface area contributed by atoms with Gasteiger partial charge in [0.1, 0.15) is 10.8 Å². The first-order chi connectivity index (χ1) is 15.6. The number of hydrogen-bond donors (Lipinski definition) is 0. The molecule has 0 aliphatic carbocycles. The maximum absolute atomic E-state index is 6.14. The Labute approximate surface area is 212 Å². The molecule has 0 heterocycles. The molecule has 0 atom stereocenters. The molecule has 0 radical (unpaired) electrons. The van der Waals surface area contributed by atoms with Gasteiger partial charge in [-0.3, -0.25) is 0 Å². The van der Waals surface area contributed by atoms with E-state index in [1.54, 1.807) is 0 Å². The van der Waals surface area contributed by atoms with Crippen LogP contribution in [0.1, 0.15) is 92.9 Å². The van der Waals surface area contributed by atoms with Crippen molar-refractivity contribution in [1.82, 2.24) is 0 Å². The van der Waals surface area contributed by atoms with Crippen molar-refractivity contribution in [3.05, 3.63) is 0 Å². The molecule has 0 N–H and O–H groups in total. The second kappa shape index (κ2) is 22.4. The quantitative estimate of drug-likeness (QED) is 0.0614.